The van der Waals surface area contributed by atoms with Crippen molar-refractivity contribution >= 4 is 39.8 Å². The second-order valence-corrected chi connectivity index (χ2v) is 12.5. The van der Waals surface area contributed by atoms with Gasteiger partial charge in [-0.2, -0.15) is 9.97 Å². The van der Waals surface area contributed by atoms with E-state index in [1.807, 2.05) is 30.1 Å². The number of halogens is 2. The first kappa shape index (κ1) is 30.4. The minimum atomic E-state index is -0.518. The van der Waals surface area contributed by atoms with E-state index in [-0.39, 0.29) is 17.7 Å². The summed E-state index contributed by atoms with van der Waals surface area (Å²) in [6.07, 6.45) is 5.76. The van der Waals surface area contributed by atoms with Gasteiger partial charge in [-0.1, -0.05) is 30.3 Å². The van der Waals surface area contributed by atoms with Gasteiger partial charge in [0.05, 0.1) is 30.1 Å². The minimum absolute atomic E-state index is 0.0455. The number of methoxy groups -OCH3 is 1. The average Bonchev–Trinajstić information content (AvgIpc) is 3.77. The first-order valence-corrected chi connectivity index (χ1v) is 15.8. The minimum Gasteiger partial charge on any atom is -0.508 e. The number of carbonyl (C=O) groups excluding carboxylic acids is 1. The number of fused-ring (bicyclic) bond motifs is 3. The van der Waals surface area contributed by atoms with Gasteiger partial charge < -0.3 is 24.5 Å². The van der Waals surface area contributed by atoms with E-state index in [0.717, 1.165) is 65.9 Å². The van der Waals surface area contributed by atoms with Crippen LogP contribution in [0.3, 0.4) is 0 Å². The van der Waals surface area contributed by atoms with Crippen molar-refractivity contribution in [3.63, 3.8) is 0 Å². The molecular formula is C33H40ClFN6O3. The highest BCUT2D eigenvalue weighted by Crippen LogP contribution is 2.39. The molecule has 11 heteroatoms. The third kappa shape index (κ3) is 6.02. The zero-order chi connectivity index (χ0) is 31.0. The Kier molecular flexibility index (Phi) is 8.82. The predicted molar refractivity (Wildman–Crippen MR) is 172 cm³/mol. The Morgan fingerprint density at radius 3 is 2.82 bits per heavy atom. The standard InChI is InChI=1S/C26H28ClN5O3.C7H12FN/c1-4-23(34)32-10-8-17(14-32)30(2)25-19-9-11-31(15-21(19)28-26(29-25)35-3)22-13-18(33)12-16-6-5-7-20(27)24(16)22;8-6-4-7-2-1-3-9(7)5-6/h4-7,12-13,17,33H,1,8-11,14-15H2,2-3H3;6-7H,1-5H2. The highest BCUT2D eigenvalue weighted by molar-refractivity contribution is 6.36. The number of likely N-dealkylation sites (N-methyl/N-ethyl adjacent to an activating group) is 1. The molecule has 7 rings (SSSR count). The number of ether oxygens (including phenoxy) is 1. The molecule has 1 amide bonds. The molecule has 44 heavy (non-hydrogen) atoms. The van der Waals surface area contributed by atoms with Gasteiger partial charge in [0.1, 0.15) is 17.7 Å². The van der Waals surface area contributed by atoms with Crippen LogP contribution in [0.15, 0.2) is 43.0 Å². The van der Waals surface area contributed by atoms with Crippen LogP contribution in [0.25, 0.3) is 10.8 Å². The SMILES string of the molecule is C=CC(=O)N1CCC(N(C)c2nc(OC)nc3c2CCN(c2cc(O)cc4cccc(Cl)c24)C3)C1.FC1CC2CCCN2C1. The third-order valence-electron chi connectivity index (χ3n) is 9.43. The molecule has 1 aromatic heterocycles. The molecule has 0 saturated carbocycles. The maximum Gasteiger partial charge on any atom is 0.318 e. The number of phenolic OH excluding ortho intramolecular Hbond substituents is 1. The van der Waals surface area contributed by atoms with E-state index in [0.29, 0.717) is 43.3 Å². The summed E-state index contributed by atoms with van der Waals surface area (Å²) in [7, 11) is 3.58. The fourth-order valence-corrected chi connectivity index (χ4v) is 7.44. The van der Waals surface area contributed by atoms with Crippen molar-refractivity contribution in [2.75, 3.05) is 56.7 Å². The van der Waals surface area contributed by atoms with Crippen LogP contribution in [0, 0.1) is 0 Å². The van der Waals surface area contributed by atoms with E-state index in [2.05, 4.69) is 26.3 Å². The van der Waals surface area contributed by atoms with Crippen molar-refractivity contribution in [3.05, 3.63) is 59.3 Å². The van der Waals surface area contributed by atoms with E-state index < -0.39 is 6.17 Å². The van der Waals surface area contributed by atoms with Gasteiger partial charge in [-0.15, -0.1) is 0 Å². The molecule has 0 aliphatic carbocycles. The predicted octanol–water partition coefficient (Wildman–Crippen LogP) is 4.98. The molecule has 1 N–H and O–H groups in total. The summed E-state index contributed by atoms with van der Waals surface area (Å²) in [6, 6.07) is 10.2. The molecule has 4 aliphatic rings. The summed E-state index contributed by atoms with van der Waals surface area (Å²) in [6.45, 7) is 8.04. The largest absolute Gasteiger partial charge is 0.508 e. The molecular weight excluding hydrogens is 583 g/mol. The molecule has 0 spiro atoms. The van der Waals surface area contributed by atoms with E-state index >= 15 is 0 Å². The first-order valence-electron chi connectivity index (χ1n) is 15.4. The number of hydrogen-bond acceptors (Lipinski definition) is 8. The van der Waals surface area contributed by atoms with Crippen LogP contribution in [-0.4, -0.2) is 95.9 Å². The molecule has 3 fully saturated rings. The quantitative estimate of drug-likeness (QED) is 0.399. The lowest BCUT2D eigenvalue weighted by Crippen LogP contribution is -2.39. The van der Waals surface area contributed by atoms with Crippen LogP contribution >= 0.6 is 11.6 Å². The smallest absolute Gasteiger partial charge is 0.318 e. The fourth-order valence-electron chi connectivity index (χ4n) is 7.16. The van der Waals surface area contributed by atoms with Gasteiger partial charge >= 0.3 is 6.01 Å². The maximum absolute atomic E-state index is 12.6. The zero-order valence-corrected chi connectivity index (χ0v) is 26.1. The van der Waals surface area contributed by atoms with Gasteiger partial charge in [0.15, 0.2) is 0 Å². The Morgan fingerprint density at radius 2 is 2.05 bits per heavy atom. The second-order valence-electron chi connectivity index (χ2n) is 12.1. The van der Waals surface area contributed by atoms with Gasteiger partial charge in [-0.3, -0.25) is 9.69 Å². The van der Waals surface area contributed by atoms with Crippen molar-refractivity contribution in [3.8, 4) is 11.8 Å². The van der Waals surface area contributed by atoms with Crippen LogP contribution in [-0.2, 0) is 17.8 Å². The van der Waals surface area contributed by atoms with Gasteiger partial charge in [0.2, 0.25) is 5.91 Å². The highest BCUT2D eigenvalue weighted by atomic mass is 35.5. The Morgan fingerprint density at radius 1 is 1.20 bits per heavy atom. The summed E-state index contributed by atoms with van der Waals surface area (Å²) < 4.78 is 18.1. The number of carbonyl (C=O) groups is 1. The van der Waals surface area contributed by atoms with Gasteiger partial charge in [0, 0.05) is 62.3 Å². The maximum atomic E-state index is 12.6. The molecule has 3 atom stereocenters. The first-order chi connectivity index (χ1) is 21.2. The molecule has 4 aliphatic heterocycles. The summed E-state index contributed by atoms with van der Waals surface area (Å²) in [5, 5.41) is 12.8. The van der Waals surface area contributed by atoms with Crippen molar-refractivity contribution in [2.45, 2.75) is 56.9 Å². The monoisotopic (exact) mass is 622 g/mol. The summed E-state index contributed by atoms with van der Waals surface area (Å²) in [5.41, 5.74) is 2.83. The molecule has 0 bridgehead atoms. The molecule has 5 heterocycles. The molecule has 3 saturated heterocycles. The van der Waals surface area contributed by atoms with Crippen LogP contribution in [0.1, 0.15) is 36.9 Å². The molecule has 2 aromatic carbocycles. The van der Waals surface area contributed by atoms with Crippen LogP contribution in [0.2, 0.25) is 5.02 Å². The summed E-state index contributed by atoms with van der Waals surface area (Å²) in [4.78, 5) is 29.9. The number of rotatable bonds is 5. The van der Waals surface area contributed by atoms with Crippen molar-refractivity contribution in [2.24, 2.45) is 0 Å². The number of nitrogens with zero attached hydrogens (tertiary/aromatic N) is 6. The zero-order valence-electron chi connectivity index (χ0n) is 25.4. The Hall–Kier alpha value is -3.63. The number of alkyl halides is 1. The molecule has 3 unspecified atom stereocenters. The number of phenols is 1. The van der Waals surface area contributed by atoms with E-state index in [1.54, 1.807) is 19.2 Å². The number of likely N-dealkylation sites (tertiary alicyclic amines) is 1. The fraction of sp³-hybridized carbons (Fsp3) is 0.485. The lowest BCUT2D eigenvalue weighted by Gasteiger charge is -2.34. The topological polar surface area (TPSA) is 85.3 Å². The normalized spacial score (nSPS) is 22.8. The summed E-state index contributed by atoms with van der Waals surface area (Å²) >= 11 is 6.57. The number of benzene rings is 2. The Balaban J connectivity index is 0.000000323. The van der Waals surface area contributed by atoms with Crippen LogP contribution < -0.4 is 14.5 Å². The Labute approximate surface area is 262 Å². The number of aromatic hydroxyl groups is 1. The molecule has 9 nitrogen and oxygen atoms in total. The average molecular weight is 623 g/mol. The highest BCUT2D eigenvalue weighted by Gasteiger charge is 2.35. The lowest BCUT2D eigenvalue weighted by atomic mass is 10.0. The number of aromatic nitrogens is 2. The van der Waals surface area contributed by atoms with Gasteiger partial charge in [-0.25, -0.2) is 4.39 Å². The van der Waals surface area contributed by atoms with Gasteiger partial charge in [0.25, 0.3) is 0 Å². The molecule has 234 valence electrons. The van der Waals surface area contributed by atoms with E-state index in [9.17, 15) is 14.3 Å². The number of amides is 1. The lowest BCUT2D eigenvalue weighted by molar-refractivity contribution is -0.125. The Bertz CT molecular complexity index is 1540. The summed E-state index contributed by atoms with van der Waals surface area (Å²) in [5.74, 6) is 0.986. The van der Waals surface area contributed by atoms with Crippen molar-refractivity contribution in [1.82, 2.24) is 19.8 Å². The van der Waals surface area contributed by atoms with E-state index in [1.165, 1.54) is 18.9 Å². The molecule has 3 aromatic rings. The second kappa shape index (κ2) is 12.8. The molecule has 0 radical (unpaired) electrons. The van der Waals surface area contributed by atoms with Crippen LogP contribution in [0.4, 0.5) is 15.9 Å². The van der Waals surface area contributed by atoms with Crippen molar-refractivity contribution in [1.29, 1.82) is 0 Å². The number of anilines is 2. The van der Waals surface area contributed by atoms with Gasteiger partial charge in [-0.05, 0) is 62.2 Å². The van der Waals surface area contributed by atoms with Crippen molar-refractivity contribution < 1.29 is 19.0 Å². The number of hydrogen-bond donors (Lipinski definition) is 1. The van der Waals surface area contributed by atoms with Crippen LogP contribution in [0.5, 0.6) is 11.8 Å². The van der Waals surface area contributed by atoms with E-state index in [4.69, 9.17) is 21.3 Å². The third-order valence-corrected chi connectivity index (χ3v) is 9.74.